The first-order valence-corrected chi connectivity index (χ1v) is 14.4. The number of ether oxygens (including phenoxy) is 3. The number of thioether (sulfide) groups is 1. The Morgan fingerprint density at radius 1 is 1.10 bits per heavy atom. The van der Waals surface area contributed by atoms with Crippen LogP contribution in [0.15, 0.2) is 77.1 Å². The average molecular weight is 550 g/mol. The van der Waals surface area contributed by atoms with Crippen molar-refractivity contribution in [3.05, 3.63) is 88.3 Å². The fourth-order valence-corrected chi connectivity index (χ4v) is 5.71. The lowest BCUT2D eigenvalue weighted by Crippen LogP contribution is -2.43. The summed E-state index contributed by atoms with van der Waals surface area (Å²) in [4.78, 5) is 40.0. The summed E-state index contributed by atoms with van der Waals surface area (Å²) in [7, 11) is 1.29. The zero-order chi connectivity index (χ0) is 27.9. The Morgan fingerprint density at radius 3 is 2.59 bits per heavy atom. The van der Waals surface area contributed by atoms with E-state index in [2.05, 4.69) is 12.2 Å². The van der Waals surface area contributed by atoms with Gasteiger partial charge in [0.25, 0.3) is 0 Å². The number of Topliss-reactive ketones (excluding diaryl/α,β-unsaturated/α-hetero) is 1. The molecule has 0 amide bonds. The van der Waals surface area contributed by atoms with Crippen LogP contribution in [0.4, 0.5) is 0 Å². The maximum Gasteiger partial charge on any atom is 0.336 e. The molecule has 8 heteroatoms. The van der Waals surface area contributed by atoms with Crippen LogP contribution in [0.3, 0.4) is 0 Å². The van der Waals surface area contributed by atoms with Gasteiger partial charge >= 0.3 is 11.9 Å². The van der Waals surface area contributed by atoms with Crippen molar-refractivity contribution in [1.29, 1.82) is 0 Å². The summed E-state index contributed by atoms with van der Waals surface area (Å²) in [5.74, 6) is -1.04. The second kappa shape index (κ2) is 13.0. The molecule has 3 atom stereocenters. The largest absolute Gasteiger partial charge is 0.489 e. The molecule has 0 saturated heterocycles. The van der Waals surface area contributed by atoms with Gasteiger partial charge in [-0.1, -0.05) is 56.3 Å². The van der Waals surface area contributed by atoms with Crippen LogP contribution >= 0.6 is 11.8 Å². The van der Waals surface area contributed by atoms with Crippen LogP contribution in [0, 0.1) is 11.8 Å². The first-order valence-electron chi connectivity index (χ1n) is 13.2. The highest BCUT2D eigenvalue weighted by molar-refractivity contribution is 7.99. The van der Waals surface area contributed by atoms with Gasteiger partial charge in [-0.25, -0.2) is 4.79 Å². The van der Waals surface area contributed by atoms with Crippen LogP contribution in [0.25, 0.3) is 0 Å². The van der Waals surface area contributed by atoms with Crippen LogP contribution in [-0.2, 0) is 30.5 Å². The maximum atomic E-state index is 13.9. The van der Waals surface area contributed by atoms with Gasteiger partial charge in [0.2, 0.25) is 0 Å². The smallest absolute Gasteiger partial charge is 0.336 e. The molecule has 1 heterocycles. The first-order chi connectivity index (χ1) is 18.8. The topological polar surface area (TPSA) is 90.9 Å². The van der Waals surface area contributed by atoms with Crippen molar-refractivity contribution in [2.24, 2.45) is 11.8 Å². The highest BCUT2D eigenvalue weighted by Gasteiger charge is 2.47. The molecule has 2 aromatic rings. The average Bonchev–Trinajstić information content (AvgIpc) is 2.94. The van der Waals surface area contributed by atoms with Crippen LogP contribution in [-0.4, -0.2) is 42.9 Å². The van der Waals surface area contributed by atoms with Crippen LogP contribution in [0.5, 0.6) is 5.75 Å². The van der Waals surface area contributed by atoms with E-state index < -0.39 is 23.8 Å². The number of nitrogens with one attached hydrogen (secondary N) is 1. The van der Waals surface area contributed by atoms with E-state index >= 15 is 0 Å². The number of esters is 2. The van der Waals surface area contributed by atoms with E-state index in [1.54, 1.807) is 11.8 Å². The number of benzene rings is 2. The molecule has 2 aliphatic rings. The Labute approximate surface area is 234 Å². The number of carbonyl (C=O) groups is 3. The van der Waals surface area contributed by atoms with Gasteiger partial charge in [-0.15, -0.1) is 0 Å². The van der Waals surface area contributed by atoms with Gasteiger partial charge in [0, 0.05) is 28.6 Å². The third-order valence-corrected chi connectivity index (χ3v) is 7.93. The lowest BCUT2D eigenvalue weighted by molar-refractivity contribution is -0.151. The Balaban J connectivity index is 1.73. The molecule has 0 spiro atoms. The quantitative estimate of drug-likeness (QED) is 0.247. The SMILES string of the molecule is CCSCCOC(=O)C1=C(C)NC2=C(C(=O)[C@H](C(=O)OC)[C@@H](C)C2)[C@@H]1c1cccc(OCc2ccccc2)c1. The predicted octanol–water partition coefficient (Wildman–Crippen LogP) is 5.17. The third kappa shape index (κ3) is 6.38. The highest BCUT2D eigenvalue weighted by Crippen LogP contribution is 2.46. The van der Waals surface area contributed by atoms with Crippen molar-refractivity contribution < 1.29 is 28.6 Å². The zero-order valence-corrected chi connectivity index (χ0v) is 23.6. The molecule has 4 rings (SSSR count). The van der Waals surface area contributed by atoms with Gasteiger partial charge in [-0.3, -0.25) is 9.59 Å². The van der Waals surface area contributed by atoms with Gasteiger partial charge in [-0.2, -0.15) is 11.8 Å². The number of carbonyl (C=O) groups excluding carboxylic acids is 3. The minimum atomic E-state index is -0.938. The number of ketones is 1. The summed E-state index contributed by atoms with van der Waals surface area (Å²) in [6.07, 6.45) is 0.481. The molecule has 7 nitrogen and oxygen atoms in total. The second-order valence-electron chi connectivity index (χ2n) is 9.72. The fraction of sp³-hybridized carbons (Fsp3) is 0.387. The molecule has 206 valence electrons. The van der Waals surface area contributed by atoms with Crippen LogP contribution in [0.1, 0.15) is 44.2 Å². The molecule has 0 radical (unpaired) electrons. The Bertz CT molecular complexity index is 1280. The Kier molecular flexibility index (Phi) is 9.51. The molecule has 39 heavy (non-hydrogen) atoms. The number of rotatable bonds is 10. The first kappa shape index (κ1) is 28.5. The summed E-state index contributed by atoms with van der Waals surface area (Å²) in [6.45, 7) is 6.39. The molecule has 0 bridgehead atoms. The summed E-state index contributed by atoms with van der Waals surface area (Å²) < 4.78 is 16.7. The Hall–Kier alpha value is -3.52. The van der Waals surface area contributed by atoms with Crippen molar-refractivity contribution in [3.8, 4) is 5.75 Å². The molecular weight excluding hydrogens is 514 g/mol. The van der Waals surface area contributed by atoms with Crippen molar-refractivity contribution in [3.63, 3.8) is 0 Å². The van der Waals surface area contributed by atoms with Crippen molar-refractivity contribution in [2.75, 3.05) is 25.2 Å². The summed E-state index contributed by atoms with van der Waals surface area (Å²) in [5.41, 5.74) is 3.88. The van der Waals surface area contributed by atoms with E-state index in [1.165, 1.54) is 7.11 Å². The maximum absolute atomic E-state index is 13.9. The minimum Gasteiger partial charge on any atom is -0.489 e. The van der Waals surface area contributed by atoms with Crippen molar-refractivity contribution in [2.45, 2.75) is 39.7 Å². The standard InChI is InChI=1S/C31H35NO6S/c1-5-39-15-14-37-31(35)26-20(3)32-24-16-19(2)25(30(34)36-4)29(33)28(24)27(26)22-12-9-13-23(17-22)38-18-21-10-7-6-8-11-21/h6-13,17,19,25,27,32H,5,14-16,18H2,1-4H3/t19-,25+,27+/m0/s1. The lowest BCUT2D eigenvalue weighted by atomic mass is 9.69. The number of allylic oxidation sites excluding steroid dienone is 3. The van der Waals surface area contributed by atoms with Crippen molar-refractivity contribution >= 4 is 29.5 Å². The van der Waals surface area contributed by atoms with Gasteiger partial charge in [0.05, 0.1) is 12.7 Å². The molecule has 0 fully saturated rings. The highest BCUT2D eigenvalue weighted by atomic mass is 32.2. The minimum absolute atomic E-state index is 0.246. The number of methoxy groups -OCH3 is 1. The summed E-state index contributed by atoms with van der Waals surface area (Å²) in [6, 6.07) is 17.3. The molecule has 0 aromatic heterocycles. The number of dihydropyridines is 1. The Morgan fingerprint density at radius 2 is 1.87 bits per heavy atom. The molecule has 1 aliphatic heterocycles. The third-order valence-electron chi connectivity index (χ3n) is 7.07. The molecule has 1 aliphatic carbocycles. The van der Waals surface area contributed by atoms with E-state index in [9.17, 15) is 14.4 Å². The second-order valence-corrected chi connectivity index (χ2v) is 11.1. The van der Waals surface area contributed by atoms with E-state index in [-0.39, 0.29) is 18.3 Å². The molecular formula is C31H35NO6S. The normalized spacial score (nSPS) is 20.7. The number of hydrogen-bond donors (Lipinski definition) is 1. The van der Waals surface area contributed by atoms with Crippen molar-refractivity contribution in [1.82, 2.24) is 5.32 Å². The van der Waals surface area contributed by atoms with Crippen LogP contribution in [0.2, 0.25) is 0 Å². The molecule has 1 N–H and O–H groups in total. The van der Waals surface area contributed by atoms with Gasteiger partial charge in [0.15, 0.2) is 5.78 Å². The monoisotopic (exact) mass is 549 g/mol. The van der Waals surface area contributed by atoms with E-state index in [4.69, 9.17) is 14.2 Å². The van der Waals surface area contributed by atoms with Gasteiger partial charge < -0.3 is 19.5 Å². The molecule has 0 unspecified atom stereocenters. The van der Waals surface area contributed by atoms with E-state index in [1.807, 2.05) is 68.4 Å². The lowest BCUT2D eigenvalue weighted by Gasteiger charge is -2.38. The predicted molar refractivity (Wildman–Crippen MR) is 151 cm³/mol. The summed E-state index contributed by atoms with van der Waals surface area (Å²) in [5, 5.41) is 3.30. The van der Waals surface area contributed by atoms with E-state index in [0.29, 0.717) is 41.4 Å². The summed E-state index contributed by atoms with van der Waals surface area (Å²) >= 11 is 1.68. The van der Waals surface area contributed by atoms with E-state index in [0.717, 1.165) is 22.6 Å². The van der Waals surface area contributed by atoms with Gasteiger partial charge in [-0.05, 0) is 48.3 Å². The molecule has 0 saturated carbocycles. The number of hydrogen-bond acceptors (Lipinski definition) is 8. The zero-order valence-electron chi connectivity index (χ0n) is 22.8. The van der Waals surface area contributed by atoms with Crippen LogP contribution < -0.4 is 10.1 Å². The molecule has 2 aromatic carbocycles. The van der Waals surface area contributed by atoms with Gasteiger partial charge in [0.1, 0.15) is 24.9 Å². The fourth-order valence-electron chi connectivity index (χ4n) is 5.22.